The maximum absolute atomic E-state index is 12.4. The number of thioether (sulfide) groups is 1. The molecule has 1 aromatic rings. The molecular formula is C16H21NO2S. The van der Waals surface area contributed by atoms with Gasteiger partial charge in [-0.1, -0.05) is 0 Å². The summed E-state index contributed by atoms with van der Waals surface area (Å²) in [6, 6.07) is 6.12. The van der Waals surface area contributed by atoms with Gasteiger partial charge in [0.25, 0.3) is 5.91 Å². The van der Waals surface area contributed by atoms with Crippen LogP contribution in [0.3, 0.4) is 0 Å². The molecule has 0 unspecified atom stereocenters. The van der Waals surface area contributed by atoms with Gasteiger partial charge in [0.05, 0.1) is 0 Å². The first-order chi connectivity index (χ1) is 9.66. The van der Waals surface area contributed by atoms with Gasteiger partial charge in [0.15, 0.2) is 0 Å². The van der Waals surface area contributed by atoms with Crippen molar-refractivity contribution >= 4 is 17.7 Å². The SMILES string of the molecule is CC1(NC(=O)c2ccc3c(c2)CCCS3)CCOCC1. The number of carbonyl (C=O) groups excluding carboxylic acids is 1. The minimum atomic E-state index is -0.125. The zero-order chi connectivity index (χ0) is 14.0. The Kier molecular flexibility index (Phi) is 4.03. The van der Waals surface area contributed by atoms with Crippen molar-refractivity contribution in [2.45, 2.75) is 43.0 Å². The molecule has 1 N–H and O–H groups in total. The molecule has 0 aliphatic carbocycles. The Morgan fingerprint density at radius 3 is 2.95 bits per heavy atom. The smallest absolute Gasteiger partial charge is 0.251 e. The van der Waals surface area contributed by atoms with Gasteiger partial charge in [-0.2, -0.15) is 0 Å². The van der Waals surface area contributed by atoms with Crippen LogP contribution in [0.2, 0.25) is 0 Å². The van der Waals surface area contributed by atoms with Crippen molar-refractivity contribution in [1.82, 2.24) is 5.32 Å². The molecule has 0 aromatic heterocycles. The van der Waals surface area contributed by atoms with Gasteiger partial charge < -0.3 is 10.1 Å². The van der Waals surface area contributed by atoms with Crippen molar-refractivity contribution in [3.8, 4) is 0 Å². The van der Waals surface area contributed by atoms with E-state index < -0.39 is 0 Å². The fraction of sp³-hybridized carbons (Fsp3) is 0.562. The zero-order valence-electron chi connectivity index (χ0n) is 11.9. The van der Waals surface area contributed by atoms with Crippen LogP contribution in [0, 0.1) is 0 Å². The first-order valence-corrected chi connectivity index (χ1v) is 8.31. The number of benzene rings is 1. The molecule has 20 heavy (non-hydrogen) atoms. The van der Waals surface area contributed by atoms with Gasteiger partial charge in [0.2, 0.25) is 0 Å². The first kappa shape index (κ1) is 14.0. The Hall–Kier alpha value is -1.00. The van der Waals surface area contributed by atoms with E-state index >= 15 is 0 Å². The predicted molar refractivity (Wildman–Crippen MR) is 81.4 cm³/mol. The van der Waals surface area contributed by atoms with Crippen LogP contribution in [0.4, 0.5) is 0 Å². The second-order valence-corrected chi connectivity index (χ2v) is 7.04. The van der Waals surface area contributed by atoms with Crippen LogP contribution in [0.25, 0.3) is 0 Å². The summed E-state index contributed by atoms with van der Waals surface area (Å²) in [6.07, 6.45) is 4.07. The number of hydrogen-bond acceptors (Lipinski definition) is 3. The lowest BCUT2D eigenvalue weighted by Crippen LogP contribution is -2.49. The van der Waals surface area contributed by atoms with E-state index in [0.717, 1.165) is 38.0 Å². The molecule has 2 heterocycles. The minimum absolute atomic E-state index is 0.0489. The number of fused-ring (bicyclic) bond motifs is 1. The first-order valence-electron chi connectivity index (χ1n) is 7.32. The zero-order valence-corrected chi connectivity index (χ0v) is 12.7. The van der Waals surface area contributed by atoms with Gasteiger partial charge in [-0.05, 0) is 62.1 Å². The number of ether oxygens (including phenoxy) is 1. The normalized spacial score (nSPS) is 21.1. The molecule has 0 radical (unpaired) electrons. The summed E-state index contributed by atoms with van der Waals surface area (Å²) >= 11 is 1.90. The third-order valence-corrected chi connectivity index (χ3v) is 5.38. The third kappa shape index (κ3) is 3.01. The van der Waals surface area contributed by atoms with E-state index in [0.29, 0.717) is 0 Å². The second kappa shape index (κ2) is 5.78. The molecule has 0 bridgehead atoms. The Bertz CT molecular complexity index is 509. The fourth-order valence-corrected chi connectivity index (χ4v) is 3.81. The molecule has 3 nitrogen and oxygen atoms in total. The predicted octanol–water partition coefficient (Wildman–Crippen LogP) is 3.02. The van der Waals surface area contributed by atoms with Crippen LogP contribution in [-0.2, 0) is 11.2 Å². The summed E-state index contributed by atoms with van der Waals surface area (Å²) in [5.41, 5.74) is 1.99. The quantitative estimate of drug-likeness (QED) is 0.910. The second-order valence-electron chi connectivity index (χ2n) is 5.90. The summed E-state index contributed by atoms with van der Waals surface area (Å²) in [6.45, 7) is 3.58. The van der Waals surface area contributed by atoms with Crippen LogP contribution in [0.1, 0.15) is 42.1 Å². The van der Waals surface area contributed by atoms with Gasteiger partial charge in [-0.25, -0.2) is 0 Å². The van der Waals surface area contributed by atoms with E-state index in [4.69, 9.17) is 4.74 Å². The average molecular weight is 291 g/mol. The van der Waals surface area contributed by atoms with Crippen molar-refractivity contribution in [2.24, 2.45) is 0 Å². The highest BCUT2D eigenvalue weighted by Gasteiger charge is 2.29. The topological polar surface area (TPSA) is 38.3 Å². The highest BCUT2D eigenvalue weighted by Crippen LogP contribution is 2.30. The molecule has 4 heteroatoms. The average Bonchev–Trinajstić information content (AvgIpc) is 2.47. The molecule has 1 saturated heterocycles. The lowest BCUT2D eigenvalue weighted by atomic mass is 9.92. The highest BCUT2D eigenvalue weighted by molar-refractivity contribution is 7.99. The number of aryl methyl sites for hydroxylation is 1. The molecule has 0 atom stereocenters. The molecule has 108 valence electrons. The summed E-state index contributed by atoms with van der Waals surface area (Å²) in [5.74, 6) is 1.24. The Morgan fingerprint density at radius 2 is 2.15 bits per heavy atom. The van der Waals surface area contributed by atoms with E-state index in [2.05, 4.69) is 24.4 Å². The number of carbonyl (C=O) groups is 1. The molecule has 0 saturated carbocycles. The lowest BCUT2D eigenvalue weighted by molar-refractivity contribution is 0.0423. The van der Waals surface area contributed by atoms with Gasteiger partial charge >= 0.3 is 0 Å². The molecule has 2 aliphatic rings. The molecule has 1 fully saturated rings. The van der Waals surface area contributed by atoms with Crippen molar-refractivity contribution in [2.75, 3.05) is 19.0 Å². The summed E-state index contributed by atoms with van der Waals surface area (Å²) in [4.78, 5) is 13.8. The van der Waals surface area contributed by atoms with Gasteiger partial charge in [-0.3, -0.25) is 4.79 Å². The molecule has 1 aromatic carbocycles. The third-order valence-electron chi connectivity index (χ3n) is 4.18. The van der Waals surface area contributed by atoms with E-state index in [1.54, 1.807) is 0 Å². The molecule has 1 amide bonds. The number of amides is 1. The summed E-state index contributed by atoms with van der Waals surface area (Å²) < 4.78 is 5.37. The minimum Gasteiger partial charge on any atom is -0.381 e. The molecular weight excluding hydrogens is 270 g/mol. The fourth-order valence-electron chi connectivity index (χ4n) is 2.79. The van der Waals surface area contributed by atoms with Crippen molar-refractivity contribution < 1.29 is 9.53 Å². The number of hydrogen-bond donors (Lipinski definition) is 1. The van der Waals surface area contributed by atoms with Gasteiger partial charge in [-0.15, -0.1) is 11.8 Å². The Morgan fingerprint density at radius 1 is 1.35 bits per heavy atom. The van der Waals surface area contributed by atoms with Crippen molar-refractivity contribution in [3.05, 3.63) is 29.3 Å². The lowest BCUT2D eigenvalue weighted by Gasteiger charge is -2.34. The standard InChI is InChI=1S/C16H21NO2S/c1-16(6-8-19-9-7-16)17-15(18)13-4-5-14-12(11-13)3-2-10-20-14/h4-5,11H,2-3,6-10H2,1H3,(H,17,18). The highest BCUT2D eigenvalue weighted by atomic mass is 32.2. The van der Waals surface area contributed by atoms with Crippen LogP contribution < -0.4 is 5.32 Å². The largest absolute Gasteiger partial charge is 0.381 e. The van der Waals surface area contributed by atoms with Crippen molar-refractivity contribution in [3.63, 3.8) is 0 Å². The van der Waals surface area contributed by atoms with Crippen LogP contribution >= 0.6 is 11.8 Å². The number of rotatable bonds is 2. The van der Waals surface area contributed by atoms with Gasteiger partial charge in [0, 0.05) is 29.2 Å². The molecule has 3 rings (SSSR count). The van der Waals surface area contributed by atoms with E-state index in [1.165, 1.54) is 22.6 Å². The molecule has 0 spiro atoms. The van der Waals surface area contributed by atoms with Crippen LogP contribution in [-0.4, -0.2) is 30.4 Å². The van der Waals surface area contributed by atoms with E-state index in [-0.39, 0.29) is 11.4 Å². The van der Waals surface area contributed by atoms with Crippen LogP contribution in [0.5, 0.6) is 0 Å². The summed E-state index contributed by atoms with van der Waals surface area (Å²) in [7, 11) is 0. The monoisotopic (exact) mass is 291 g/mol. The summed E-state index contributed by atoms with van der Waals surface area (Å²) in [5, 5.41) is 3.19. The van der Waals surface area contributed by atoms with Gasteiger partial charge in [0.1, 0.15) is 0 Å². The van der Waals surface area contributed by atoms with E-state index in [1.807, 2.05) is 17.8 Å². The maximum atomic E-state index is 12.4. The van der Waals surface area contributed by atoms with E-state index in [9.17, 15) is 4.79 Å². The van der Waals surface area contributed by atoms with Crippen molar-refractivity contribution in [1.29, 1.82) is 0 Å². The van der Waals surface area contributed by atoms with Crippen LogP contribution in [0.15, 0.2) is 23.1 Å². The molecule has 2 aliphatic heterocycles. The maximum Gasteiger partial charge on any atom is 0.251 e. The Labute approximate surface area is 124 Å². The Balaban J connectivity index is 1.73. The number of nitrogens with one attached hydrogen (secondary N) is 1.